The summed E-state index contributed by atoms with van der Waals surface area (Å²) in [6.45, 7) is 1.92. The molecule has 4 aromatic rings. The molecule has 130 valence electrons. The summed E-state index contributed by atoms with van der Waals surface area (Å²) in [7, 11) is 1.87. The molecule has 8 heteroatoms. The first-order valence-electron chi connectivity index (χ1n) is 7.89. The van der Waals surface area contributed by atoms with Crippen molar-refractivity contribution in [1.29, 1.82) is 0 Å². The number of rotatable bonds is 4. The van der Waals surface area contributed by atoms with Crippen LogP contribution in [0.4, 0.5) is 5.00 Å². The van der Waals surface area contributed by atoms with Crippen LogP contribution in [0.1, 0.15) is 15.9 Å². The van der Waals surface area contributed by atoms with Crippen LogP contribution in [0.2, 0.25) is 0 Å². The maximum atomic E-state index is 12.5. The number of hydrogen-bond acceptors (Lipinski definition) is 6. The average Bonchev–Trinajstić information content (AvgIpc) is 3.35. The van der Waals surface area contributed by atoms with Gasteiger partial charge in [-0.3, -0.25) is 9.48 Å². The first-order valence-corrected chi connectivity index (χ1v) is 9.58. The average molecular weight is 381 g/mol. The van der Waals surface area contributed by atoms with E-state index in [1.54, 1.807) is 28.4 Å². The minimum Gasteiger partial charge on any atom is -0.312 e. The van der Waals surface area contributed by atoms with Crippen LogP contribution in [0.15, 0.2) is 48.1 Å². The second-order valence-electron chi connectivity index (χ2n) is 5.67. The van der Waals surface area contributed by atoms with E-state index in [9.17, 15) is 4.79 Å². The van der Waals surface area contributed by atoms with Crippen LogP contribution in [-0.4, -0.2) is 25.7 Å². The van der Waals surface area contributed by atoms with Crippen molar-refractivity contribution in [2.24, 2.45) is 7.05 Å². The Hall–Kier alpha value is -2.84. The van der Waals surface area contributed by atoms with Crippen LogP contribution in [0.25, 0.3) is 21.4 Å². The van der Waals surface area contributed by atoms with Crippen LogP contribution in [0.3, 0.4) is 0 Å². The van der Waals surface area contributed by atoms with Gasteiger partial charge in [0.2, 0.25) is 0 Å². The monoisotopic (exact) mass is 381 g/mol. The Morgan fingerprint density at radius 3 is 2.81 bits per heavy atom. The van der Waals surface area contributed by atoms with Crippen molar-refractivity contribution < 1.29 is 4.79 Å². The zero-order valence-electron chi connectivity index (χ0n) is 14.1. The first kappa shape index (κ1) is 16.6. The number of aryl methyl sites for hydroxylation is 2. The molecule has 0 bridgehead atoms. The van der Waals surface area contributed by atoms with Gasteiger partial charge in [-0.2, -0.15) is 5.10 Å². The zero-order valence-corrected chi connectivity index (χ0v) is 15.8. The SMILES string of the molecule is Cc1ccccc1C(=O)Nc1cnc(-c2cc(-c3nccs3)nn2C)s1. The van der Waals surface area contributed by atoms with Crippen LogP contribution < -0.4 is 5.32 Å². The summed E-state index contributed by atoms with van der Waals surface area (Å²) in [5.41, 5.74) is 3.30. The van der Waals surface area contributed by atoms with Crippen molar-refractivity contribution in [3.63, 3.8) is 0 Å². The normalized spacial score (nSPS) is 10.8. The fourth-order valence-corrected chi connectivity index (χ4v) is 4.03. The molecule has 6 nitrogen and oxygen atoms in total. The maximum Gasteiger partial charge on any atom is 0.256 e. The predicted molar refractivity (Wildman–Crippen MR) is 105 cm³/mol. The minimum absolute atomic E-state index is 0.133. The lowest BCUT2D eigenvalue weighted by Gasteiger charge is -2.04. The maximum absolute atomic E-state index is 12.5. The van der Waals surface area contributed by atoms with Crippen molar-refractivity contribution in [3.8, 4) is 21.4 Å². The van der Waals surface area contributed by atoms with Gasteiger partial charge in [-0.15, -0.1) is 11.3 Å². The van der Waals surface area contributed by atoms with E-state index in [1.165, 1.54) is 11.3 Å². The summed E-state index contributed by atoms with van der Waals surface area (Å²) >= 11 is 2.96. The zero-order chi connectivity index (χ0) is 18.1. The molecule has 1 amide bonds. The molecule has 0 fully saturated rings. The van der Waals surface area contributed by atoms with E-state index in [4.69, 9.17) is 0 Å². The number of nitrogens with zero attached hydrogens (tertiary/aromatic N) is 4. The fraction of sp³-hybridized carbons (Fsp3) is 0.111. The molecular weight excluding hydrogens is 366 g/mol. The Labute approximate surface area is 158 Å². The molecule has 1 N–H and O–H groups in total. The summed E-state index contributed by atoms with van der Waals surface area (Å²) in [6, 6.07) is 9.47. The van der Waals surface area contributed by atoms with Gasteiger partial charge in [0.05, 0.1) is 11.9 Å². The summed E-state index contributed by atoms with van der Waals surface area (Å²) in [4.78, 5) is 21.2. The molecule has 0 spiro atoms. The Morgan fingerprint density at radius 2 is 2.04 bits per heavy atom. The second kappa shape index (κ2) is 6.81. The van der Waals surface area contributed by atoms with Gasteiger partial charge in [0.1, 0.15) is 20.7 Å². The molecule has 3 aromatic heterocycles. The van der Waals surface area contributed by atoms with Gasteiger partial charge in [0.15, 0.2) is 0 Å². The van der Waals surface area contributed by atoms with Gasteiger partial charge in [0.25, 0.3) is 5.91 Å². The number of carbonyl (C=O) groups is 1. The van der Waals surface area contributed by atoms with Crippen LogP contribution >= 0.6 is 22.7 Å². The third-order valence-electron chi connectivity index (χ3n) is 3.88. The number of nitrogens with one attached hydrogen (secondary N) is 1. The van der Waals surface area contributed by atoms with Crippen molar-refractivity contribution >= 4 is 33.6 Å². The molecule has 0 radical (unpaired) electrons. The lowest BCUT2D eigenvalue weighted by atomic mass is 10.1. The van der Waals surface area contributed by atoms with E-state index in [1.807, 2.05) is 49.7 Å². The Bertz CT molecular complexity index is 1070. The number of amides is 1. The highest BCUT2D eigenvalue weighted by Crippen LogP contribution is 2.31. The molecule has 0 aliphatic heterocycles. The van der Waals surface area contributed by atoms with Crippen LogP contribution in [0.5, 0.6) is 0 Å². The summed E-state index contributed by atoms with van der Waals surface area (Å²) in [5, 5.41) is 11.7. The number of hydrogen-bond donors (Lipinski definition) is 1. The molecule has 0 saturated carbocycles. The first-order chi connectivity index (χ1) is 12.6. The van der Waals surface area contributed by atoms with Crippen molar-refractivity contribution in [2.45, 2.75) is 6.92 Å². The molecule has 0 saturated heterocycles. The van der Waals surface area contributed by atoms with E-state index in [0.717, 1.165) is 27.0 Å². The molecular formula is C18H15N5OS2. The molecule has 26 heavy (non-hydrogen) atoms. The quantitative estimate of drug-likeness (QED) is 0.574. The van der Waals surface area contributed by atoms with Crippen LogP contribution in [-0.2, 0) is 7.05 Å². The Balaban J connectivity index is 1.57. The van der Waals surface area contributed by atoms with Gasteiger partial charge in [0, 0.05) is 24.2 Å². The summed E-state index contributed by atoms with van der Waals surface area (Å²) < 4.78 is 1.78. The van der Waals surface area contributed by atoms with Crippen molar-refractivity contribution in [1.82, 2.24) is 19.7 Å². The van der Waals surface area contributed by atoms with Gasteiger partial charge in [-0.1, -0.05) is 29.5 Å². The Morgan fingerprint density at radius 1 is 1.19 bits per heavy atom. The van der Waals surface area contributed by atoms with E-state index in [0.29, 0.717) is 10.6 Å². The fourth-order valence-electron chi connectivity index (χ4n) is 2.58. The predicted octanol–water partition coefficient (Wildman–Crippen LogP) is 4.23. The summed E-state index contributed by atoms with van der Waals surface area (Å²) in [6.07, 6.45) is 3.43. The highest BCUT2D eigenvalue weighted by atomic mass is 32.1. The largest absolute Gasteiger partial charge is 0.312 e. The molecule has 3 heterocycles. The molecule has 0 aliphatic rings. The topological polar surface area (TPSA) is 72.7 Å². The van der Waals surface area contributed by atoms with E-state index in [2.05, 4.69) is 20.4 Å². The standard InChI is InChI=1S/C18H15N5OS2/c1-11-5-3-4-6-12(11)16(24)21-15-10-20-18(26-15)14-9-13(22-23(14)2)17-19-7-8-25-17/h3-10H,1-2H3,(H,21,24). The van der Waals surface area contributed by atoms with Gasteiger partial charge in [-0.25, -0.2) is 9.97 Å². The Kier molecular flexibility index (Phi) is 4.36. The second-order valence-corrected chi connectivity index (χ2v) is 7.60. The van der Waals surface area contributed by atoms with Gasteiger partial charge >= 0.3 is 0 Å². The number of anilines is 1. The molecule has 0 unspecified atom stereocenters. The number of benzene rings is 1. The highest BCUT2D eigenvalue weighted by molar-refractivity contribution is 7.19. The van der Waals surface area contributed by atoms with Crippen LogP contribution in [0, 0.1) is 6.92 Å². The number of carbonyl (C=O) groups excluding carboxylic acids is 1. The third-order valence-corrected chi connectivity index (χ3v) is 5.61. The highest BCUT2D eigenvalue weighted by Gasteiger charge is 2.15. The van der Waals surface area contributed by atoms with E-state index < -0.39 is 0 Å². The molecule has 4 rings (SSSR count). The lowest BCUT2D eigenvalue weighted by Crippen LogP contribution is -2.12. The molecule has 1 aromatic carbocycles. The molecule has 0 atom stereocenters. The van der Waals surface area contributed by atoms with Gasteiger partial charge in [-0.05, 0) is 24.6 Å². The molecule has 0 aliphatic carbocycles. The van der Waals surface area contributed by atoms with Gasteiger partial charge < -0.3 is 5.32 Å². The number of aromatic nitrogens is 4. The van der Waals surface area contributed by atoms with Crippen molar-refractivity contribution in [3.05, 3.63) is 59.2 Å². The number of thiazole rings is 2. The van der Waals surface area contributed by atoms with Crippen molar-refractivity contribution in [2.75, 3.05) is 5.32 Å². The third kappa shape index (κ3) is 3.16. The summed E-state index contributed by atoms with van der Waals surface area (Å²) in [5.74, 6) is -0.133. The van der Waals surface area contributed by atoms with E-state index in [-0.39, 0.29) is 5.91 Å². The smallest absolute Gasteiger partial charge is 0.256 e. The van der Waals surface area contributed by atoms with E-state index >= 15 is 0 Å². The lowest BCUT2D eigenvalue weighted by molar-refractivity contribution is 0.102. The minimum atomic E-state index is -0.133.